The lowest BCUT2D eigenvalue weighted by Gasteiger charge is -2.19. The minimum Gasteiger partial charge on any atom is -0.432 e. The summed E-state index contributed by atoms with van der Waals surface area (Å²) in [6, 6.07) is 0.739. The summed E-state index contributed by atoms with van der Waals surface area (Å²) in [6.07, 6.45) is 4.17. The summed E-state index contributed by atoms with van der Waals surface area (Å²) in [7, 11) is 4.25. The van der Waals surface area contributed by atoms with E-state index in [1.54, 1.807) is 6.26 Å². The summed E-state index contributed by atoms with van der Waals surface area (Å²) >= 11 is 0. The van der Waals surface area contributed by atoms with E-state index in [1.165, 1.54) is 19.5 Å². The maximum atomic E-state index is 5.56. The predicted molar refractivity (Wildman–Crippen MR) is 77.4 cm³/mol. The third-order valence-corrected chi connectivity index (χ3v) is 3.62. The number of anilines is 1. The molecule has 0 bridgehead atoms. The van der Waals surface area contributed by atoms with Crippen molar-refractivity contribution in [3.05, 3.63) is 12.0 Å². The number of aromatic nitrogens is 1. The van der Waals surface area contributed by atoms with Crippen molar-refractivity contribution in [2.45, 2.75) is 26.3 Å². The van der Waals surface area contributed by atoms with Gasteiger partial charge in [-0.1, -0.05) is 6.92 Å². The van der Waals surface area contributed by atoms with Crippen molar-refractivity contribution in [1.29, 1.82) is 0 Å². The number of hydrogen-bond acceptors (Lipinski definition) is 5. The molecule has 2 rings (SSSR count). The van der Waals surface area contributed by atoms with Gasteiger partial charge in [-0.05, 0) is 38.9 Å². The van der Waals surface area contributed by atoms with Crippen LogP contribution in [0.4, 0.5) is 6.01 Å². The van der Waals surface area contributed by atoms with Crippen LogP contribution in [0.3, 0.4) is 0 Å². The van der Waals surface area contributed by atoms with Gasteiger partial charge in [-0.15, -0.1) is 0 Å². The number of likely N-dealkylation sites (tertiary alicyclic amines) is 1. The van der Waals surface area contributed by atoms with Crippen molar-refractivity contribution in [3.63, 3.8) is 0 Å². The van der Waals surface area contributed by atoms with Crippen LogP contribution in [-0.2, 0) is 6.54 Å². The summed E-state index contributed by atoms with van der Waals surface area (Å²) in [4.78, 5) is 9.04. The van der Waals surface area contributed by atoms with Gasteiger partial charge in [-0.3, -0.25) is 0 Å². The van der Waals surface area contributed by atoms with Gasteiger partial charge in [0.05, 0.1) is 5.69 Å². The van der Waals surface area contributed by atoms with Gasteiger partial charge in [-0.25, -0.2) is 0 Å². The van der Waals surface area contributed by atoms with Crippen molar-refractivity contribution >= 4 is 6.01 Å². The molecule has 108 valence electrons. The van der Waals surface area contributed by atoms with Crippen molar-refractivity contribution < 1.29 is 4.42 Å². The molecule has 1 atom stereocenters. The molecular weight excluding hydrogens is 240 g/mol. The lowest BCUT2D eigenvalue weighted by molar-refractivity contribution is 0.393. The molecule has 1 unspecified atom stereocenters. The highest BCUT2D eigenvalue weighted by atomic mass is 16.4. The van der Waals surface area contributed by atoms with E-state index in [-0.39, 0.29) is 0 Å². The van der Waals surface area contributed by atoms with E-state index in [0.29, 0.717) is 0 Å². The molecule has 5 heteroatoms. The third-order valence-electron chi connectivity index (χ3n) is 3.62. The third kappa shape index (κ3) is 4.21. The van der Waals surface area contributed by atoms with Gasteiger partial charge in [0.25, 0.3) is 6.01 Å². The second-order valence-corrected chi connectivity index (χ2v) is 5.60. The average Bonchev–Trinajstić information content (AvgIpc) is 2.99. The molecule has 2 heterocycles. The zero-order chi connectivity index (χ0) is 13.7. The molecule has 0 radical (unpaired) electrons. The van der Waals surface area contributed by atoms with Gasteiger partial charge >= 0.3 is 0 Å². The highest BCUT2D eigenvalue weighted by Crippen LogP contribution is 2.19. The Morgan fingerprint density at radius 3 is 3.11 bits per heavy atom. The second kappa shape index (κ2) is 6.91. The number of nitrogens with one attached hydrogen (secondary N) is 1. The van der Waals surface area contributed by atoms with Crippen molar-refractivity contribution in [3.8, 4) is 0 Å². The molecule has 0 spiro atoms. The first-order chi connectivity index (χ1) is 9.19. The lowest BCUT2D eigenvalue weighted by atomic mass is 10.1. The topological polar surface area (TPSA) is 44.5 Å². The Hall–Kier alpha value is -1.07. The Labute approximate surface area is 116 Å². The first-order valence-corrected chi connectivity index (χ1v) is 7.23. The molecule has 0 amide bonds. The highest BCUT2D eigenvalue weighted by Gasteiger charge is 2.22. The minimum absolute atomic E-state index is 0.726. The smallest absolute Gasteiger partial charge is 0.297 e. The van der Waals surface area contributed by atoms with Gasteiger partial charge in [-0.2, -0.15) is 4.98 Å². The van der Waals surface area contributed by atoms with E-state index < -0.39 is 0 Å². The SMILES string of the molecule is CCCNCc1coc(N(C)CC2CCN(C)C2)n1. The van der Waals surface area contributed by atoms with Crippen LogP contribution < -0.4 is 10.2 Å². The maximum absolute atomic E-state index is 5.56. The van der Waals surface area contributed by atoms with Gasteiger partial charge in [0.1, 0.15) is 6.26 Å². The van der Waals surface area contributed by atoms with Crippen LogP contribution in [0.1, 0.15) is 25.5 Å². The van der Waals surface area contributed by atoms with Crippen LogP contribution in [0.2, 0.25) is 0 Å². The molecule has 0 aliphatic carbocycles. The fourth-order valence-corrected chi connectivity index (χ4v) is 2.59. The first-order valence-electron chi connectivity index (χ1n) is 7.23. The van der Waals surface area contributed by atoms with Crippen LogP contribution in [-0.4, -0.2) is 50.2 Å². The molecule has 1 saturated heterocycles. The van der Waals surface area contributed by atoms with E-state index in [2.05, 4.69) is 41.1 Å². The summed E-state index contributed by atoms with van der Waals surface area (Å²) in [5.74, 6) is 0.726. The highest BCUT2D eigenvalue weighted by molar-refractivity contribution is 5.25. The van der Waals surface area contributed by atoms with Gasteiger partial charge in [0.15, 0.2) is 0 Å². The van der Waals surface area contributed by atoms with E-state index in [9.17, 15) is 0 Å². The molecule has 19 heavy (non-hydrogen) atoms. The van der Waals surface area contributed by atoms with E-state index >= 15 is 0 Å². The predicted octanol–water partition coefficient (Wildman–Crippen LogP) is 1.56. The van der Waals surface area contributed by atoms with Crippen LogP contribution in [0.25, 0.3) is 0 Å². The van der Waals surface area contributed by atoms with Crippen molar-refractivity contribution in [2.24, 2.45) is 5.92 Å². The van der Waals surface area contributed by atoms with Crippen LogP contribution in [0.15, 0.2) is 10.7 Å². The Morgan fingerprint density at radius 2 is 2.42 bits per heavy atom. The summed E-state index contributed by atoms with van der Waals surface area (Å²) in [5, 5.41) is 3.33. The second-order valence-electron chi connectivity index (χ2n) is 5.60. The lowest BCUT2D eigenvalue weighted by Crippen LogP contribution is -2.27. The molecule has 1 N–H and O–H groups in total. The first kappa shape index (κ1) is 14.3. The standard InChI is InChI=1S/C14H26N4O/c1-4-6-15-8-13-11-19-14(16-13)18(3)10-12-5-7-17(2)9-12/h11-12,15H,4-10H2,1-3H3. The normalized spacial score (nSPS) is 20.1. The summed E-state index contributed by atoms with van der Waals surface area (Å²) in [6.45, 7) is 7.37. The fourth-order valence-electron chi connectivity index (χ4n) is 2.59. The zero-order valence-corrected chi connectivity index (χ0v) is 12.4. The number of rotatable bonds is 7. The minimum atomic E-state index is 0.726. The zero-order valence-electron chi connectivity index (χ0n) is 12.4. The molecule has 1 aromatic rings. The largest absolute Gasteiger partial charge is 0.432 e. The molecule has 5 nitrogen and oxygen atoms in total. The molecule has 1 aromatic heterocycles. The average molecular weight is 266 g/mol. The van der Waals surface area contributed by atoms with E-state index in [0.717, 1.165) is 43.7 Å². The molecule has 1 fully saturated rings. The van der Waals surface area contributed by atoms with Crippen molar-refractivity contribution in [2.75, 3.05) is 45.2 Å². The molecule has 0 aromatic carbocycles. The summed E-state index contributed by atoms with van der Waals surface area (Å²) < 4.78 is 5.56. The fraction of sp³-hybridized carbons (Fsp3) is 0.786. The van der Waals surface area contributed by atoms with Crippen LogP contribution in [0, 0.1) is 5.92 Å². The number of nitrogens with zero attached hydrogens (tertiary/aromatic N) is 3. The van der Waals surface area contributed by atoms with Crippen molar-refractivity contribution in [1.82, 2.24) is 15.2 Å². The molecule has 1 aliphatic rings. The van der Waals surface area contributed by atoms with Crippen LogP contribution in [0.5, 0.6) is 0 Å². The van der Waals surface area contributed by atoms with Gasteiger partial charge in [0.2, 0.25) is 0 Å². The maximum Gasteiger partial charge on any atom is 0.297 e. The molecule has 1 aliphatic heterocycles. The van der Waals surface area contributed by atoms with Crippen LogP contribution >= 0.6 is 0 Å². The van der Waals surface area contributed by atoms with E-state index in [4.69, 9.17) is 4.42 Å². The summed E-state index contributed by atoms with van der Waals surface area (Å²) in [5.41, 5.74) is 0.985. The Bertz CT molecular complexity index is 379. The van der Waals surface area contributed by atoms with E-state index in [1.807, 2.05) is 0 Å². The Balaban J connectivity index is 1.80. The quantitative estimate of drug-likeness (QED) is 0.759. The van der Waals surface area contributed by atoms with Gasteiger partial charge in [0, 0.05) is 26.7 Å². The number of oxazole rings is 1. The molecule has 0 saturated carbocycles. The number of hydrogen-bond donors (Lipinski definition) is 1. The Morgan fingerprint density at radius 1 is 1.58 bits per heavy atom. The molecular formula is C14H26N4O. The van der Waals surface area contributed by atoms with Gasteiger partial charge < -0.3 is 19.5 Å². The Kier molecular flexibility index (Phi) is 5.22. The monoisotopic (exact) mass is 266 g/mol.